The normalized spacial score (nSPS) is 15.8. The van der Waals surface area contributed by atoms with E-state index in [2.05, 4.69) is 12.2 Å². The number of thioether (sulfide) groups is 1. The number of nitrogens with one attached hydrogen (secondary N) is 1. The Morgan fingerprint density at radius 1 is 1.23 bits per heavy atom. The van der Waals surface area contributed by atoms with Gasteiger partial charge >= 0.3 is 0 Å². The van der Waals surface area contributed by atoms with Crippen molar-refractivity contribution in [3.63, 3.8) is 0 Å². The average molecular weight is 474 g/mol. The van der Waals surface area contributed by atoms with Gasteiger partial charge in [-0.1, -0.05) is 42.3 Å². The molecule has 0 spiro atoms. The highest BCUT2D eigenvalue weighted by molar-refractivity contribution is 7.99. The van der Waals surface area contributed by atoms with Crippen molar-refractivity contribution >= 4 is 57.9 Å². The number of piperidine rings is 1. The molecule has 2 aromatic rings. The van der Waals surface area contributed by atoms with Crippen molar-refractivity contribution in [2.45, 2.75) is 37.0 Å². The molecule has 3 N–H and O–H groups in total. The SMILES string of the molecule is CCSc1ccc(CC(=O)Nc2c(N)cc(Cl)c(N3CCC(F)(F)CC3)c2Cl)cc1. The van der Waals surface area contributed by atoms with Gasteiger partial charge in [-0.2, -0.15) is 0 Å². The van der Waals surface area contributed by atoms with Gasteiger partial charge in [0, 0.05) is 30.8 Å². The third-order valence-corrected chi connectivity index (χ3v) is 6.45. The van der Waals surface area contributed by atoms with Crippen LogP contribution in [0.3, 0.4) is 0 Å². The Kier molecular flexibility index (Phi) is 7.37. The molecule has 0 unspecified atom stereocenters. The van der Waals surface area contributed by atoms with Crippen LogP contribution in [0.15, 0.2) is 35.2 Å². The van der Waals surface area contributed by atoms with Gasteiger partial charge in [0.1, 0.15) is 0 Å². The Bertz CT molecular complexity index is 915. The van der Waals surface area contributed by atoms with Crippen LogP contribution in [0.25, 0.3) is 0 Å². The van der Waals surface area contributed by atoms with Gasteiger partial charge in [0.15, 0.2) is 0 Å². The summed E-state index contributed by atoms with van der Waals surface area (Å²) in [7, 11) is 0. The molecule has 162 valence electrons. The van der Waals surface area contributed by atoms with Crippen LogP contribution in [0.5, 0.6) is 0 Å². The summed E-state index contributed by atoms with van der Waals surface area (Å²) >= 11 is 14.6. The van der Waals surface area contributed by atoms with Crippen LogP contribution in [0.4, 0.5) is 25.8 Å². The lowest BCUT2D eigenvalue weighted by atomic mass is 10.1. The predicted octanol–water partition coefficient (Wildman–Crippen LogP) is 6.10. The molecule has 1 amide bonds. The van der Waals surface area contributed by atoms with E-state index in [4.69, 9.17) is 28.9 Å². The number of hydrogen-bond donors (Lipinski definition) is 2. The van der Waals surface area contributed by atoms with E-state index in [1.807, 2.05) is 24.3 Å². The van der Waals surface area contributed by atoms with Crippen molar-refractivity contribution in [1.29, 1.82) is 0 Å². The number of halogens is 4. The maximum atomic E-state index is 13.5. The van der Waals surface area contributed by atoms with Crippen LogP contribution < -0.4 is 16.0 Å². The van der Waals surface area contributed by atoms with Crippen molar-refractivity contribution in [3.05, 3.63) is 45.9 Å². The fourth-order valence-corrected chi connectivity index (χ4v) is 4.76. The summed E-state index contributed by atoms with van der Waals surface area (Å²) in [5.74, 6) is -1.99. The van der Waals surface area contributed by atoms with E-state index < -0.39 is 5.92 Å². The average Bonchev–Trinajstić information content (AvgIpc) is 2.68. The molecule has 1 heterocycles. The second kappa shape index (κ2) is 9.62. The van der Waals surface area contributed by atoms with E-state index >= 15 is 0 Å². The number of alkyl halides is 2. The van der Waals surface area contributed by atoms with E-state index in [9.17, 15) is 13.6 Å². The van der Waals surface area contributed by atoms with Crippen molar-refractivity contribution in [3.8, 4) is 0 Å². The highest BCUT2D eigenvalue weighted by atomic mass is 35.5. The second-order valence-corrected chi connectivity index (χ2v) is 9.25. The van der Waals surface area contributed by atoms with Gasteiger partial charge in [0.05, 0.1) is 33.5 Å². The van der Waals surface area contributed by atoms with Crippen LogP contribution in [-0.2, 0) is 11.2 Å². The van der Waals surface area contributed by atoms with Crippen molar-refractivity contribution in [1.82, 2.24) is 0 Å². The molecule has 0 aromatic heterocycles. The summed E-state index contributed by atoms with van der Waals surface area (Å²) in [5.41, 5.74) is 7.77. The minimum absolute atomic E-state index is 0.117. The molecule has 1 fully saturated rings. The first-order chi connectivity index (χ1) is 14.2. The van der Waals surface area contributed by atoms with Crippen molar-refractivity contribution < 1.29 is 13.6 Å². The second-order valence-electron chi connectivity index (χ2n) is 7.13. The van der Waals surface area contributed by atoms with Crippen LogP contribution in [0, 0.1) is 0 Å². The van der Waals surface area contributed by atoms with E-state index in [-0.39, 0.29) is 59.7 Å². The first-order valence-electron chi connectivity index (χ1n) is 9.62. The zero-order valence-electron chi connectivity index (χ0n) is 16.5. The predicted molar refractivity (Wildman–Crippen MR) is 122 cm³/mol. The quantitative estimate of drug-likeness (QED) is 0.392. The zero-order chi connectivity index (χ0) is 21.9. The minimum atomic E-state index is -2.69. The fraction of sp³-hybridized carbons (Fsp3) is 0.381. The number of rotatable bonds is 6. The van der Waals surface area contributed by atoms with E-state index in [0.29, 0.717) is 5.69 Å². The molecule has 9 heteroatoms. The molecule has 1 aliphatic heterocycles. The highest BCUT2D eigenvalue weighted by Crippen LogP contribution is 2.44. The van der Waals surface area contributed by atoms with E-state index in [1.54, 1.807) is 16.7 Å². The largest absolute Gasteiger partial charge is 0.397 e. The molecule has 0 atom stereocenters. The molecule has 1 saturated heterocycles. The van der Waals surface area contributed by atoms with Crippen LogP contribution in [-0.4, -0.2) is 30.7 Å². The molecule has 0 radical (unpaired) electrons. The number of hydrogen-bond acceptors (Lipinski definition) is 4. The molecule has 0 aliphatic carbocycles. The Labute approximate surface area is 189 Å². The summed E-state index contributed by atoms with van der Waals surface area (Å²) in [4.78, 5) is 15.4. The number of benzene rings is 2. The number of nitrogens with two attached hydrogens (primary N) is 1. The van der Waals surface area contributed by atoms with Crippen LogP contribution in [0.2, 0.25) is 10.0 Å². The molecular weight excluding hydrogens is 451 g/mol. The van der Waals surface area contributed by atoms with E-state index in [0.717, 1.165) is 16.2 Å². The van der Waals surface area contributed by atoms with Crippen LogP contribution >= 0.6 is 35.0 Å². The number of anilines is 3. The standard InChI is InChI=1S/C21H23Cl2F2N3OS/c1-2-30-14-5-3-13(4-6-14)11-17(29)27-19-16(26)12-15(22)20(18(19)23)28-9-7-21(24,25)8-10-28/h3-6,12H,2,7-11,26H2,1H3,(H,27,29). The Morgan fingerprint density at radius 3 is 2.47 bits per heavy atom. The number of nitrogen functional groups attached to an aromatic ring is 1. The Morgan fingerprint density at radius 2 is 1.87 bits per heavy atom. The lowest BCUT2D eigenvalue weighted by Gasteiger charge is -2.35. The van der Waals surface area contributed by atoms with E-state index in [1.165, 1.54) is 6.07 Å². The number of amides is 1. The summed E-state index contributed by atoms with van der Waals surface area (Å²) in [6, 6.07) is 9.25. The lowest BCUT2D eigenvalue weighted by molar-refractivity contribution is -0.115. The molecule has 0 bridgehead atoms. The Hall–Kier alpha value is -1.70. The van der Waals surface area contributed by atoms with Crippen LogP contribution in [0.1, 0.15) is 25.3 Å². The topological polar surface area (TPSA) is 58.4 Å². The molecule has 30 heavy (non-hydrogen) atoms. The number of carbonyl (C=O) groups excluding carboxylic acids is 1. The molecule has 1 aliphatic rings. The van der Waals surface area contributed by atoms with Gasteiger partial charge in [-0.25, -0.2) is 8.78 Å². The summed E-state index contributed by atoms with van der Waals surface area (Å²) < 4.78 is 27.0. The smallest absolute Gasteiger partial charge is 0.251 e. The zero-order valence-corrected chi connectivity index (χ0v) is 18.8. The maximum absolute atomic E-state index is 13.5. The lowest BCUT2D eigenvalue weighted by Crippen LogP contribution is -2.39. The van der Waals surface area contributed by atoms with Gasteiger partial charge in [-0.05, 0) is 29.5 Å². The highest BCUT2D eigenvalue weighted by Gasteiger charge is 2.35. The van der Waals surface area contributed by atoms with Gasteiger partial charge in [-0.3, -0.25) is 4.79 Å². The Balaban J connectivity index is 1.76. The summed E-state index contributed by atoms with van der Waals surface area (Å²) in [6.45, 7) is 2.31. The van der Waals surface area contributed by atoms with Gasteiger partial charge in [0.2, 0.25) is 5.91 Å². The summed E-state index contributed by atoms with van der Waals surface area (Å²) in [5, 5.41) is 3.18. The van der Waals surface area contributed by atoms with Crippen molar-refractivity contribution in [2.75, 3.05) is 34.8 Å². The molecule has 2 aromatic carbocycles. The van der Waals surface area contributed by atoms with Gasteiger partial charge < -0.3 is 16.0 Å². The third-order valence-electron chi connectivity index (χ3n) is 4.90. The molecule has 0 saturated carbocycles. The summed E-state index contributed by atoms with van der Waals surface area (Å²) in [6.07, 6.45) is -0.406. The first kappa shape index (κ1) is 23.0. The van der Waals surface area contributed by atoms with Gasteiger partial charge in [-0.15, -0.1) is 11.8 Å². The third kappa shape index (κ3) is 5.50. The maximum Gasteiger partial charge on any atom is 0.251 e. The fourth-order valence-electron chi connectivity index (χ4n) is 3.34. The molecular formula is C21H23Cl2F2N3OS. The molecule has 3 rings (SSSR count). The number of nitrogens with zero attached hydrogens (tertiary/aromatic N) is 1. The first-order valence-corrected chi connectivity index (χ1v) is 11.4. The minimum Gasteiger partial charge on any atom is -0.397 e. The van der Waals surface area contributed by atoms with Gasteiger partial charge in [0.25, 0.3) is 5.92 Å². The monoisotopic (exact) mass is 473 g/mol. The molecule has 4 nitrogen and oxygen atoms in total. The van der Waals surface area contributed by atoms with Crippen molar-refractivity contribution in [2.24, 2.45) is 0 Å². The number of carbonyl (C=O) groups is 1.